The second-order valence-electron chi connectivity index (χ2n) is 3.88. The Hall–Kier alpha value is -1.94. The van der Waals surface area contributed by atoms with Crippen LogP contribution in [0.15, 0.2) is 30.5 Å². The highest BCUT2D eigenvalue weighted by Gasteiger charge is 2.11. The highest BCUT2D eigenvalue weighted by atomic mass is 35.5. The Morgan fingerprint density at radius 2 is 2.11 bits per heavy atom. The van der Waals surface area contributed by atoms with Crippen LogP contribution in [-0.2, 0) is 0 Å². The summed E-state index contributed by atoms with van der Waals surface area (Å²) in [5, 5.41) is 3.18. The van der Waals surface area contributed by atoms with Crippen LogP contribution in [0.3, 0.4) is 0 Å². The summed E-state index contributed by atoms with van der Waals surface area (Å²) >= 11 is 6.10. The Bertz CT molecular complexity index is 584. The molecule has 0 radical (unpaired) electrons. The number of carbonyl (C=O) groups is 1. The monoisotopic (exact) mass is 261 g/mol. The molecule has 0 atom stereocenters. The van der Waals surface area contributed by atoms with Gasteiger partial charge in [-0.05, 0) is 32.0 Å². The Morgan fingerprint density at radius 1 is 1.33 bits per heavy atom. The van der Waals surface area contributed by atoms with Gasteiger partial charge in [-0.2, -0.15) is 0 Å². The van der Waals surface area contributed by atoms with Crippen LogP contribution >= 0.6 is 11.6 Å². The molecule has 0 saturated carbocycles. The third-order valence-electron chi connectivity index (χ3n) is 2.40. The summed E-state index contributed by atoms with van der Waals surface area (Å²) < 4.78 is 0. The molecule has 0 aromatic carbocycles. The van der Waals surface area contributed by atoms with Gasteiger partial charge in [0.2, 0.25) is 0 Å². The molecule has 0 bridgehead atoms. The van der Waals surface area contributed by atoms with E-state index in [0.717, 1.165) is 5.69 Å². The zero-order chi connectivity index (χ0) is 13.1. The van der Waals surface area contributed by atoms with Gasteiger partial charge in [-0.25, -0.2) is 0 Å². The maximum absolute atomic E-state index is 11.9. The molecule has 0 unspecified atom stereocenters. The SMILES string of the molecule is Cc1cc(NC(=O)c2ccccn2)c(Cl)c(C)n1. The van der Waals surface area contributed by atoms with Crippen molar-refractivity contribution in [3.63, 3.8) is 0 Å². The Kier molecular flexibility index (Phi) is 3.58. The van der Waals surface area contributed by atoms with Gasteiger partial charge in [0.05, 0.1) is 16.4 Å². The lowest BCUT2D eigenvalue weighted by atomic mass is 10.2. The van der Waals surface area contributed by atoms with E-state index >= 15 is 0 Å². The van der Waals surface area contributed by atoms with Gasteiger partial charge in [-0.1, -0.05) is 17.7 Å². The molecule has 2 rings (SSSR count). The number of hydrogen-bond donors (Lipinski definition) is 1. The normalized spacial score (nSPS) is 10.2. The molecule has 0 aliphatic heterocycles. The predicted molar refractivity (Wildman–Crippen MR) is 70.9 cm³/mol. The highest BCUT2D eigenvalue weighted by Crippen LogP contribution is 2.25. The quantitative estimate of drug-likeness (QED) is 0.904. The molecule has 0 spiro atoms. The Morgan fingerprint density at radius 3 is 2.78 bits per heavy atom. The van der Waals surface area contributed by atoms with Crippen molar-refractivity contribution in [2.75, 3.05) is 5.32 Å². The van der Waals surface area contributed by atoms with Gasteiger partial charge in [0, 0.05) is 11.9 Å². The van der Waals surface area contributed by atoms with Crippen molar-refractivity contribution < 1.29 is 4.79 Å². The van der Waals surface area contributed by atoms with Crippen LogP contribution in [-0.4, -0.2) is 15.9 Å². The molecule has 0 saturated heterocycles. The van der Waals surface area contributed by atoms with Crippen LogP contribution in [0.2, 0.25) is 5.02 Å². The van der Waals surface area contributed by atoms with Gasteiger partial charge >= 0.3 is 0 Å². The van der Waals surface area contributed by atoms with Gasteiger partial charge < -0.3 is 5.32 Å². The summed E-state index contributed by atoms with van der Waals surface area (Å²) in [6.07, 6.45) is 1.57. The minimum atomic E-state index is -0.289. The minimum absolute atomic E-state index is 0.289. The molecule has 18 heavy (non-hydrogen) atoms. The average molecular weight is 262 g/mol. The average Bonchev–Trinajstić information content (AvgIpc) is 2.36. The topological polar surface area (TPSA) is 54.9 Å². The molecule has 4 nitrogen and oxygen atoms in total. The maximum atomic E-state index is 11.9. The molecule has 0 aliphatic carbocycles. The van der Waals surface area contributed by atoms with Crippen LogP contribution in [0, 0.1) is 13.8 Å². The van der Waals surface area contributed by atoms with Crippen molar-refractivity contribution in [1.82, 2.24) is 9.97 Å². The van der Waals surface area contributed by atoms with Crippen molar-refractivity contribution in [2.24, 2.45) is 0 Å². The predicted octanol–water partition coefficient (Wildman–Crippen LogP) is 3.00. The fourth-order valence-corrected chi connectivity index (χ4v) is 1.73. The lowest BCUT2D eigenvalue weighted by Gasteiger charge is -2.09. The molecule has 2 heterocycles. The molecule has 1 amide bonds. The number of anilines is 1. The van der Waals surface area contributed by atoms with E-state index in [0.29, 0.717) is 22.1 Å². The van der Waals surface area contributed by atoms with Crippen LogP contribution in [0.5, 0.6) is 0 Å². The first-order chi connectivity index (χ1) is 8.58. The smallest absolute Gasteiger partial charge is 0.274 e. The number of nitrogens with one attached hydrogen (secondary N) is 1. The standard InChI is InChI=1S/C13H12ClN3O/c1-8-7-11(12(14)9(2)16-8)17-13(18)10-5-3-4-6-15-10/h3-7H,1-2H3,(H,16,17,18). The van der Waals surface area contributed by atoms with E-state index in [2.05, 4.69) is 15.3 Å². The number of nitrogens with zero attached hydrogens (tertiary/aromatic N) is 2. The van der Waals surface area contributed by atoms with Crippen molar-refractivity contribution in [3.8, 4) is 0 Å². The summed E-state index contributed by atoms with van der Waals surface area (Å²) in [6, 6.07) is 6.89. The fraction of sp³-hybridized carbons (Fsp3) is 0.154. The van der Waals surface area contributed by atoms with Crippen molar-refractivity contribution in [2.45, 2.75) is 13.8 Å². The summed E-state index contributed by atoms with van der Waals surface area (Å²) in [6.45, 7) is 3.64. The summed E-state index contributed by atoms with van der Waals surface area (Å²) in [4.78, 5) is 20.1. The molecule has 0 aliphatic rings. The van der Waals surface area contributed by atoms with E-state index in [9.17, 15) is 4.79 Å². The summed E-state index contributed by atoms with van der Waals surface area (Å²) in [7, 11) is 0. The van der Waals surface area contributed by atoms with E-state index in [1.54, 1.807) is 37.4 Å². The number of hydrogen-bond acceptors (Lipinski definition) is 3. The van der Waals surface area contributed by atoms with E-state index < -0.39 is 0 Å². The zero-order valence-electron chi connectivity index (χ0n) is 10.1. The lowest BCUT2D eigenvalue weighted by molar-refractivity contribution is 0.102. The van der Waals surface area contributed by atoms with Crippen LogP contribution in [0.25, 0.3) is 0 Å². The molecule has 92 valence electrons. The number of aryl methyl sites for hydroxylation is 2. The van der Waals surface area contributed by atoms with Gasteiger partial charge in [0.25, 0.3) is 5.91 Å². The first-order valence-electron chi connectivity index (χ1n) is 5.44. The minimum Gasteiger partial charge on any atom is -0.319 e. The number of halogens is 1. The summed E-state index contributed by atoms with van der Waals surface area (Å²) in [5.41, 5.74) is 2.39. The van der Waals surface area contributed by atoms with Crippen molar-refractivity contribution in [1.29, 1.82) is 0 Å². The third kappa shape index (κ3) is 2.65. The van der Waals surface area contributed by atoms with E-state index in [1.165, 1.54) is 0 Å². The molecule has 0 fully saturated rings. The van der Waals surface area contributed by atoms with E-state index in [1.807, 2.05) is 6.92 Å². The first kappa shape index (κ1) is 12.5. The van der Waals surface area contributed by atoms with Crippen molar-refractivity contribution in [3.05, 3.63) is 52.6 Å². The zero-order valence-corrected chi connectivity index (χ0v) is 10.8. The Labute approximate surface area is 110 Å². The first-order valence-corrected chi connectivity index (χ1v) is 5.82. The number of carbonyl (C=O) groups excluding carboxylic acids is 1. The molecule has 5 heteroatoms. The van der Waals surface area contributed by atoms with Gasteiger partial charge in [0.15, 0.2) is 0 Å². The van der Waals surface area contributed by atoms with Gasteiger partial charge in [0.1, 0.15) is 5.69 Å². The van der Waals surface area contributed by atoms with Gasteiger partial charge in [-0.15, -0.1) is 0 Å². The van der Waals surface area contributed by atoms with E-state index in [4.69, 9.17) is 11.6 Å². The van der Waals surface area contributed by atoms with Crippen LogP contribution in [0.1, 0.15) is 21.9 Å². The number of amides is 1. The van der Waals surface area contributed by atoms with Crippen LogP contribution < -0.4 is 5.32 Å². The maximum Gasteiger partial charge on any atom is 0.274 e. The molecular formula is C13H12ClN3O. The molecular weight excluding hydrogens is 250 g/mol. The number of rotatable bonds is 2. The molecule has 2 aromatic rings. The molecule has 1 N–H and O–H groups in total. The molecule has 2 aromatic heterocycles. The highest BCUT2D eigenvalue weighted by molar-refractivity contribution is 6.34. The lowest BCUT2D eigenvalue weighted by Crippen LogP contribution is -2.14. The largest absolute Gasteiger partial charge is 0.319 e. The number of aromatic nitrogens is 2. The number of pyridine rings is 2. The third-order valence-corrected chi connectivity index (χ3v) is 2.87. The Balaban J connectivity index is 2.28. The summed E-state index contributed by atoms with van der Waals surface area (Å²) in [5.74, 6) is -0.289. The van der Waals surface area contributed by atoms with E-state index in [-0.39, 0.29) is 5.91 Å². The van der Waals surface area contributed by atoms with Crippen molar-refractivity contribution >= 4 is 23.2 Å². The van der Waals surface area contributed by atoms with Crippen LogP contribution in [0.4, 0.5) is 5.69 Å². The second kappa shape index (κ2) is 5.14. The second-order valence-corrected chi connectivity index (χ2v) is 4.26. The fourth-order valence-electron chi connectivity index (χ4n) is 1.59. The van der Waals surface area contributed by atoms with Gasteiger partial charge in [-0.3, -0.25) is 14.8 Å².